The number of rotatable bonds is 7. The number of amides is 2. The predicted molar refractivity (Wildman–Crippen MR) is 127 cm³/mol. The molecule has 2 amide bonds. The summed E-state index contributed by atoms with van der Waals surface area (Å²) in [7, 11) is 0. The van der Waals surface area contributed by atoms with Crippen LogP contribution in [0.4, 0.5) is 4.39 Å². The van der Waals surface area contributed by atoms with Gasteiger partial charge < -0.3 is 15.4 Å². The molecule has 0 aromatic heterocycles. The van der Waals surface area contributed by atoms with Crippen LogP contribution in [-0.2, 0) is 14.9 Å². The Morgan fingerprint density at radius 3 is 2.21 bits per heavy atom. The number of benzene rings is 2. The second-order valence-electron chi connectivity index (χ2n) is 9.48. The fourth-order valence-corrected chi connectivity index (χ4v) is 3.85. The molecule has 0 bridgehead atoms. The smallest absolute Gasteiger partial charge is 0.251 e. The summed E-state index contributed by atoms with van der Waals surface area (Å²) in [6.45, 7) is 11.1. The fraction of sp³-hybridized carbons (Fsp3) is 0.462. The average molecular weight is 456 g/mol. The SMILES string of the molecule is C[C@H](NC(=O)c1ccc(C(C)(C)C)cc1)C(=O)NCC(c1ccc(F)cc1)N1CCOCC1. The summed E-state index contributed by atoms with van der Waals surface area (Å²) in [6, 6.07) is 13.0. The summed E-state index contributed by atoms with van der Waals surface area (Å²) in [5.74, 6) is -0.855. The zero-order chi connectivity index (χ0) is 24.0. The Bertz CT molecular complexity index is 933. The molecular weight excluding hydrogens is 421 g/mol. The maximum absolute atomic E-state index is 13.4. The van der Waals surface area contributed by atoms with Crippen molar-refractivity contribution < 1.29 is 18.7 Å². The van der Waals surface area contributed by atoms with Gasteiger partial charge in [-0.2, -0.15) is 0 Å². The summed E-state index contributed by atoms with van der Waals surface area (Å²) in [6.07, 6.45) is 0. The molecule has 0 aliphatic carbocycles. The number of carbonyl (C=O) groups excluding carboxylic acids is 2. The highest BCUT2D eigenvalue weighted by Crippen LogP contribution is 2.23. The number of carbonyl (C=O) groups is 2. The maximum atomic E-state index is 13.4. The standard InChI is InChI=1S/C26H34FN3O3/c1-18(29-25(32)20-5-9-21(10-6-20)26(2,3)4)24(31)28-17-23(30-13-15-33-16-14-30)19-7-11-22(27)12-8-19/h5-12,18,23H,13-17H2,1-4H3,(H,28,31)(H,29,32)/t18-,23?/m0/s1. The molecule has 1 saturated heterocycles. The van der Waals surface area contributed by atoms with E-state index in [0.29, 0.717) is 25.3 Å². The number of hydrogen-bond acceptors (Lipinski definition) is 4. The van der Waals surface area contributed by atoms with Gasteiger partial charge in [-0.3, -0.25) is 14.5 Å². The molecule has 6 nitrogen and oxygen atoms in total. The Morgan fingerprint density at radius 1 is 1.03 bits per heavy atom. The van der Waals surface area contributed by atoms with Crippen LogP contribution in [0.2, 0.25) is 0 Å². The third-order valence-corrected chi connectivity index (χ3v) is 5.96. The van der Waals surface area contributed by atoms with E-state index in [0.717, 1.165) is 24.2 Å². The molecule has 3 rings (SSSR count). The fourth-order valence-electron chi connectivity index (χ4n) is 3.85. The van der Waals surface area contributed by atoms with Crippen LogP contribution in [-0.4, -0.2) is 55.6 Å². The minimum Gasteiger partial charge on any atom is -0.379 e. The van der Waals surface area contributed by atoms with E-state index in [1.807, 2.05) is 12.1 Å². The monoisotopic (exact) mass is 455 g/mol. The molecular formula is C26H34FN3O3. The summed E-state index contributed by atoms with van der Waals surface area (Å²) in [4.78, 5) is 27.6. The first kappa shape index (κ1) is 24.9. The van der Waals surface area contributed by atoms with Crippen LogP contribution in [0.25, 0.3) is 0 Å². The highest BCUT2D eigenvalue weighted by atomic mass is 19.1. The molecule has 7 heteroatoms. The van der Waals surface area contributed by atoms with Gasteiger partial charge in [0.1, 0.15) is 11.9 Å². The second kappa shape index (κ2) is 10.9. The largest absolute Gasteiger partial charge is 0.379 e. The normalized spacial score (nSPS) is 16.6. The van der Waals surface area contributed by atoms with Crippen LogP contribution in [0.1, 0.15) is 55.2 Å². The molecule has 1 aliphatic heterocycles. The van der Waals surface area contributed by atoms with Crippen LogP contribution < -0.4 is 10.6 Å². The van der Waals surface area contributed by atoms with Crippen molar-refractivity contribution in [1.29, 1.82) is 0 Å². The highest BCUT2D eigenvalue weighted by molar-refractivity contribution is 5.97. The quantitative estimate of drug-likeness (QED) is 0.671. The zero-order valence-electron chi connectivity index (χ0n) is 19.9. The number of nitrogens with zero attached hydrogens (tertiary/aromatic N) is 1. The first-order valence-electron chi connectivity index (χ1n) is 11.4. The number of hydrogen-bond donors (Lipinski definition) is 2. The van der Waals surface area contributed by atoms with Gasteiger partial charge in [-0.15, -0.1) is 0 Å². The molecule has 2 aromatic rings. The maximum Gasteiger partial charge on any atom is 0.251 e. The van der Waals surface area contributed by atoms with Crippen molar-refractivity contribution in [3.05, 3.63) is 71.0 Å². The van der Waals surface area contributed by atoms with E-state index in [1.165, 1.54) is 12.1 Å². The van der Waals surface area contributed by atoms with Gasteiger partial charge in [0.25, 0.3) is 5.91 Å². The molecule has 0 saturated carbocycles. The van der Waals surface area contributed by atoms with Gasteiger partial charge in [-0.05, 0) is 47.7 Å². The van der Waals surface area contributed by atoms with Gasteiger partial charge in [-0.25, -0.2) is 4.39 Å². The summed E-state index contributed by atoms with van der Waals surface area (Å²) < 4.78 is 18.9. The molecule has 1 unspecified atom stereocenters. The molecule has 2 aromatic carbocycles. The van der Waals surface area contributed by atoms with E-state index in [2.05, 4.69) is 36.3 Å². The van der Waals surface area contributed by atoms with E-state index in [9.17, 15) is 14.0 Å². The number of nitrogens with one attached hydrogen (secondary N) is 2. The van der Waals surface area contributed by atoms with Crippen molar-refractivity contribution in [2.75, 3.05) is 32.8 Å². The summed E-state index contributed by atoms with van der Waals surface area (Å²) >= 11 is 0. The minimum atomic E-state index is -0.696. The van der Waals surface area contributed by atoms with Crippen molar-refractivity contribution in [3.8, 4) is 0 Å². The lowest BCUT2D eigenvalue weighted by molar-refractivity contribution is -0.122. The number of ether oxygens (including phenoxy) is 1. The Labute approximate surface area is 195 Å². The zero-order valence-corrected chi connectivity index (χ0v) is 19.9. The predicted octanol–water partition coefficient (Wildman–Crippen LogP) is 3.43. The Kier molecular flexibility index (Phi) is 8.21. The molecule has 0 spiro atoms. The van der Waals surface area contributed by atoms with E-state index < -0.39 is 6.04 Å². The van der Waals surface area contributed by atoms with Gasteiger partial charge in [-0.1, -0.05) is 45.0 Å². The molecule has 1 fully saturated rings. The van der Waals surface area contributed by atoms with Gasteiger partial charge in [0.05, 0.1) is 19.3 Å². The van der Waals surface area contributed by atoms with Crippen molar-refractivity contribution in [2.24, 2.45) is 0 Å². The average Bonchev–Trinajstić information content (AvgIpc) is 2.80. The Hall–Kier alpha value is -2.77. The molecule has 33 heavy (non-hydrogen) atoms. The topological polar surface area (TPSA) is 70.7 Å². The van der Waals surface area contributed by atoms with Crippen LogP contribution >= 0.6 is 0 Å². The van der Waals surface area contributed by atoms with Crippen LogP contribution in [0.15, 0.2) is 48.5 Å². The Morgan fingerprint density at radius 2 is 1.64 bits per heavy atom. The van der Waals surface area contributed by atoms with E-state index in [1.54, 1.807) is 31.2 Å². The highest BCUT2D eigenvalue weighted by Gasteiger charge is 2.25. The first-order chi connectivity index (χ1) is 15.6. The van der Waals surface area contributed by atoms with E-state index in [-0.39, 0.29) is 29.1 Å². The Balaban J connectivity index is 1.60. The minimum absolute atomic E-state index is 0.00370. The summed E-state index contributed by atoms with van der Waals surface area (Å²) in [5.41, 5.74) is 2.58. The molecule has 178 valence electrons. The van der Waals surface area contributed by atoms with Crippen molar-refractivity contribution >= 4 is 11.8 Å². The van der Waals surface area contributed by atoms with Crippen molar-refractivity contribution in [1.82, 2.24) is 15.5 Å². The second-order valence-corrected chi connectivity index (χ2v) is 9.48. The lowest BCUT2D eigenvalue weighted by atomic mass is 9.86. The van der Waals surface area contributed by atoms with Crippen LogP contribution in [0.3, 0.4) is 0 Å². The van der Waals surface area contributed by atoms with Gasteiger partial charge in [0.2, 0.25) is 5.91 Å². The molecule has 0 radical (unpaired) electrons. The summed E-state index contributed by atoms with van der Waals surface area (Å²) in [5, 5.41) is 5.72. The third kappa shape index (κ3) is 6.85. The van der Waals surface area contributed by atoms with Crippen LogP contribution in [0.5, 0.6) is 0 Å². The third-order valence-electron chi connectivity index (χ3n) is 5.96. The van der Waals surface area contributed by atoms with Gasteiger partial charge in [0.15, 0.2) is 0 Å². The van der Waals surface area contributed by atoms with Gasteiger partial charge in [0, 0.05) is 25.2 Å². The lowest BCUT2D eigenvalue weighted by Crippen LogP contribution is -2.48. The first-order valence-corrected chi connectivity index (χ1v) is 11.4. The lowest BCUT2D eigenvalue weighted by Gasteiger charge is -2.35. The van der Waals surface area contributed by atoms with Crippen molar-refractivity contribution in [3.63, 3.8) is 0 Å². The number of halogens is 1. The molecule has 2 atom stereocenters. The molecule has 1 aliphatic rings. The number of morpholine rings is 1. The van der Waals surface area contributed by atoms with Crippen molar-refractivity contribution in [2.45, 2.75) is 45.2 Å². The molecule has 2 N–H and O–H groups in total. The van der Waals surface area contributed by atoms with E-state index in [4.69, 9.17) is 4.74 Å². The van der Waals surface area contributed by atoms with Crippen LogP contribution in [0, 0.1) is 5.82 Å². The van der Waals surface area contributed by atoms with E-state index >= 15 is 0 Å². The van der Waals surface area contributed by atoms with Gasteiger partial charge >= 0.3 is 0 Å². The molecule has 1 heterocycles.